The van der Waals surface area contributed by atoms with Crippen molar-refractivity contribution in [2.24, 2.45) is 0 Å². The lowest BCUT2D eigenvalue weighted by atomic mass is 9.81. The predicted octanol–water partition coefficient (Wildman–Crippen LogP) is 9.85. The average Bonchev–Trinajstić information content (AvgIpc) is 3.47. The van der Waals surface area contributed by atoms with Crippen LogP contribution in [0.4, 0.5) is 0 Å². The number of nitrogens with zero attached hydrogens (tertiary/aromatic N) is 3. The lowest BCUT2D eigenvalue weighted by Crippen LogP contribution is -2.15. The fourth-order valence-electron chi connectivity index (χ4n) is 7.08. The van der Waals surface area contributed by atoms with Crippen molar-refractivity contribution in [2.75, 3.05) is 0 Å². The molecular formula is C39H27N3. The lowest BCUT2D eigenvalue weighted by Gasteiger charge is -2.22. The van der Waals surface area contributed by atoms with Gasteiger partial charge in [-0.05, 0) is 69.4 Å². The highest BCUT2D eigenvalue weighted by Crippen LogP contribution is 2.52. The van der Waals surface area contributed by atoms with Crippen LogP contribution in [0.5, 0.6) is 0 Å². The molecule has 0 unspecified atom stereocenters. The highest BCUT2D eigenvalue weighted by Gasteiger charge is 2.37. The number of fused-ring (bicyclic) bond motifs is 8. The molecule has 0 aliphatic heterocycles. The fourth-order valence-corrected chi connectivity index (χ4v) is 7.08. The number of para-hydroxylation sites is 2. The molecule has 198 valence electrons. The Balaban J connectivity index is 1.38. The van der Waals surface area contributed by atoms with E-state index in [-0.39, 0.29) is 5.41 Å². The first-order valence-corrected chi connectivity index (χ1v) is 14.5. The van der Waals surface area contributed by atoms with Gasteiger partial charge in [0, 0.05) is 27.1 Å². The van der Waals surface area contributed by atoms with Crippen LogP contribution in [0.1, 0.15) is 25.0 Å². The molecule has 1 aliphatic rings. The normalized spacial score (nSPS) is 13.7. The predicted molar refractivity (Wildman–Crippen MR) is 174 cm³/mol. The molecular weight excluding hydrogens is 510 g/mol. The van der Waals surface area contributed by atoms with Crippen LogP contribution < -0.4 is 0 Å². The van der Waals surface area contributed by atoms with Crippen LogP contribution in [0, 0.1) is 0 Å². The standard InChI is InChI=1S/C39H27N3/c1-39(2)32-21-26-15-7-6-14-25(26)20-29(32)30-22-31-27-16-9-11-19-35(27)42(36(31)23-33(30)39)38-40-34-18-10-8-17-28(34)37(41-38)24-12-4-3-5-13-24/h3-23H,1-2H3. The van der Waals surface area contributed by atoms with Gasteiger partial charge in [-0.2, -0.15) is 0 Å². The van der Waals surface area contributed by atoms with Gasteiger partial charge in [-0.1, -0.05) is 105 Å². The summed E-state index contributed by atoms with van der Waals surface area (Å²) in [6, 6.07) is 45.6. The van der Waals surface area contributed by atoms with Crippen molar-refractivity contribution < 1.29 is 0 Å². The van der Waals surface area contributed by atoms with Crippen LogP contribution in [0.2, 0.25) is 0 Å². The molecule has 0 atom stereocenters. The van der Waals surface area contributed by atoms with E-state index in [1.165, 1.54) is 43.8 Å². The Labute approximate surface area is 243 Å². The maximum atomic E-state index is 5.27. The number of hydrogen-bond donors (Lipinski definition) is 0. The van der Waals surface area contributed by atoms with Crippen LogP contribution in [-0.2, 0) is 5.41 Å². The highest BCUT2D eigenvalue weighted by atomic mass is 15.2. The molecule has 3 heteroatoms. The summed E-state index contributed by atoms with van der Waals surface area (Å²) in [4.78, 5) is 10.4. The Morgan fingerprint density at radius 2 is 1.17 bits per heavy atom. The number of rotatable bonds is 2. The Hall–Kier alpha value is -5.28. The van der Waals surface area contributed by atoms with Gasteiger partial charge in [-0.3, -0.25) is 4.57 Å². The van der Waals surface area contributed by atoms with E-state index in [1.807, 2.05) is 6.07 Å². The Morgan fingerprint density at radius 1 is 0.524 bits per heavy atom. The molecule has 0 saturated heterocycles. The van der Waals surface area contributed by atoms with Crippen molar-refractivity contribution in [2.45, 2.75) is 19.3 Å². The van der Waals surface area contributed by atoms with E-state index in [9.17, 15) is 0 Å². The van der Waals surface area contributed by atoms with E-state index in [1.54, 1.807) is 0 Å². The smallest absolute Gasteiger partial charge is 0.235 e. The minimum atomic E-state index is -0.135. The second-order valence-electron chi connectivity index (χ2n) is 11.9. The van der Waals surface area contributed by atoms with Gasteiger partial charge in [-0.25, -0.2) is 9.97 Å². The van der Waals surface area contributed by atoms with Crippen molar-refractivity contribution in [3.8, 4) is 28.3 Å². The zero-order valence-electron chi connectivity index (χ0n) is 23.5. The van der Waals surface area contributed by atoms with Gasteiger partial charge < -0.3 is 0 Å². The van der Waals surface area contributed by atoms with Gasteiger partial charge in [-0.15, -0.1) is 0 Å². The summed E-state index contributed by atoms with van der Waals surface area (Å²) >= 11 is 0. The van der Waals surface area contributed by atoms with E-state index in [4.69, 9.17) is 9.97 Å². The van der Waals surface area contributed by atoms with Crippen LogP contribution in [0.25, 0.3) is 71.8 Å². The molecule has 0 amide bonds. The second-order valence-corrected chi connectivity index (χ2v) is 11.9. The zero-order valence-corrected chi connectivity index (χ0v) is 23.5. The summed E-state index contributed by atoms with van der Waals surface area (Å²) in [5.41, 5.74) is 10.5. The molecule has 1 aliphatic carbocycles. The van der Waals surface area contributed by atoms with Gasteiger partial charge >= 0.3 is 0 Å². The van der Waals surface area contributed by atoms with Crippen molar-refractivity contribution >= 4 is 43.5 Å². The van der Waals surface area contributed by atoms with Crippen molar-refractivity contribution in [1.82, 2.24) is 14.5 Å². The molecule has 42 heavy (non-hydrogen) atoms. The van der Waals surface area contributed by atoms with E-state index in [2.05, 4.69) is 140 Å². The monoisotopic (exact) mass is 537 g/mol. The summed E-state index contributed by atoms with van der Waals surface area (Å²) < 4.78 is 2.26. The Morgan fingerprint density at radius 3 is 2.00 bits per heavy atom. The van der Waals surface area contributed by atoms with Crippen LogP contribution in [0.15, 0.2) is 127 Å². The molecule has 2 heterocycles. The minimum absolute atomic E-state index is 0.135. The molecule has 0 bridgehead atoms. The third-order valence-corrected chi connectivity index (χ3v) is 9.17. The third-order valence-electron chi connectivity index (χ3n) is 9.17. The maximum absolute atomic E-state index is 5.27. The average molecular weight is 538 g/mol. The summed E-state index contributed by atoms with van der Waals surface area (Å²) in [5.74, 6) is 0.692. The molecule has 0 spiro atoms. The SMILES string of the molecule is CC1(C)c2cc3ccccc3cc2-c2cc3c4ccccc4n(-c4nc(-c5ccccc5)c5ccccc5n4)c3cc21. The molecule has 3 nitrogen and oxygen atoms in total. The van der Waals surface area contributed by atoms with Gasteiger partial charge in [0.2, 0.25) is 5.95 Å². The number of hydrogen-bond acceptors (Lipinski definition) is 2. The molecule has 0 fully saturated rings. The summed E-state index contributed by atoms with van der Waals surface area (Å²) in [6.07, 6.45) is 0. The van der Waals surface area contributed by atoms with E-state index in [0.29, 0.717) is 5.95 Å². The Kier molecular flexibility index (Phi) is 4.67. The van der Waals surface area contributed by atoms with Gasteiger partial charge in [0.05, 0.1) is 22.2 Å². The zero-order chi connectivity index (χ0) is 28.0. The van der Waals surface area contributed by atoms with E-state index in [0.717, 1.165) is 33.2 Å². The van der Waals surface area contributed by atoms with Crippen molar-refractivity contribution in [3.05, 3.63) is 139 Å². The molecule has 0 radical (unpaired) electrons. The maximum Gasteiger partial charge on any atom is 0.235 e. The molecule has 0 saturated carbocycles. The minimum Gasteiger partial charge on any atom is -0.278 e. The van der Waals surface area contributed by atoms with Crippen molar-refractivity contribution in [1.29, 1.82) is 0 Å². The number of aromatic nitrogens is 3. The van der Waals surface area contributed by atoms with Crippen LogP contribution >= 0.6 is 0 Å². The van der Waals surface area contributed by atoms with Gasteiger partial charge in [0.1, 0.15) is 0 Å². The van der Waals surface area contributed by atoms with Gasteiger partial charge in [0.25, 0.3) is 0 Å². The fraction of sp³-hybridized carbons (Fsp3) is 0.0769. The van der Waals surface area contributed by atoms with Crippen LogP contribution in [0.3, 0.4) is 0 Å². The largest absolute Gasteiger partial charge is 0.278 e. The molecule has 0 N–H and O–H groups in total. The first-order chi connectivity index (χ1) is 20.6. The first kappa shape index (κ1) is 23.4. The molecule has 6 aromatic carbocycles. The molecule has 2 aromatic heterocycles. The summed E-state index contributed by atoms with van der Waals surface area (Å²) in [7, 11) is 0. The summed E-state index contributed by atoms with van der Waals surface area (Å²) in [5, 5.41) is 6.05. The topological polar surface area (TPSA) is 30.7 Å². The van der Waals surface area contributed by atoms with Crippen molar-refractivity contribution in [3.63, 3.8) is 0 Å². The van der Waals surface area contributed by atoms with Gasteiger partial charge in [0.15, 0.2) is 0 Å². The van der Waals surface area contributed by atoms with E-state index < -0.39 is 0 Å². The third kappa shape index (κ3) is 3.16. The molecule has 9 rings (SSSR count). The first-order valence-electron chi connectivity index (χ1n) is 14.5. The summed E-state index contributed by atoms with van der Waals surface area (Å²) in [6.45, 7) is 4.70. The molecule has 8 aromatic rings. The van der Waals surface area contributed by atoms with E-state index >= 15 is 0 Å². The number of benzene rings is 6. The Bertz CT molecular complexity index is 2380. The second kappa shape index (κ2) is 8.37. The lowest BCUT2D eigenvalue weighted by molar-refractivity contribution is 0.661. The quantitative estimate of drug-likeness (QED) is 0.220. The van der Waals surface area contributed by atoms with Crippen LogP contribution in [-0.4, -0.2) is 14.5 Å². The highest BCUT2D eigenvalue weighted by molar-refractivity contribution is 6.12.